The quantitative estimate of drug-likeness (QED) is 0.478. The summed E-state index contributed by atoms with van der Waals surface area (Å²) in [6.45, 7) is 0. The molecule has 0 heterocycles. The van der Waals surface area contributed by atoms with Gasteiger partial charge in [0, 0.05) is 0 Å². The van der Waals surface area contributed by atoms with Gasteiger partial charge in [0.1, 0.15) is 0 Å². The first-order chi connectivity index (χ1) is 4.19. The third-order valence-electron chi connectivity index (χ3n) is 0.623. The molecule has 0 aliphatic carbocycles. The highest BCUT2D eigenvalue weighted by atomic mass is 35.5. The third-order valence-corrected chi connectivity index (χ3v) is 5.61. The molecule has 0 amide bonds. The molecular weight excluding hydrogens is 225 g/mol. The van der Waals surface area contributed by atoms with E-state index in [0.717, 1.165) is 0 Å². The van der Waals surface area contributed by atoms with E-state index in [1.165, 1.54) is 0 Å². The molecule has 10 heavy (non-hydrogen) atoms. The van der Waals surface area contributed by atoms with Crippen LogP contribution in [0.1, 0.15) is 0 Å². The number of hydrogen-bond donors (Lipinski definition) is 3. The van der Waals surface area contributed by atoms with Gasteiger partial charge in [-0.3, -0.25) is 9.13 Å². The van der Waals surface area contributed by atoms with Crippen LogP contribution in [0, 0.1) is 0 Å². The second-order valence-corrected chi connectivity index (χ2v) is 7.42. The van der Waals surface area contributed by atoms with Gasteiger partial charge in [-0.2, -0.15) is 0 Å². The van der Waals surface area contributed by atoms with Gasteiger partial charge in [0.15, 0.2) is 0 Å². The van der Waals surface area contributed by atoms with E-state index in [-0.39, 0.29) is 0 Å². The van der Waals surface area contributed by atoms with Crippen molar-refractivity contribution in [1.82, 2.24) is 0 Å². The predicted octanol–water partition coefficient (Wildman–Crippen LogP) is 0.720. The van der Waals surface area contributed by atoms with Crippen LogP contribution in [0.2, 0.25) is 0 Å². The summed E-state index contributed by atoms with van der Waals surface area (Å²) in [5.41, 5.74) is 0. The summed E-state index contributed by atoms with van der Waals surface area (Å²) in [6, 6.07) is 0. The van der Waals surface area contributed by atoms with Crippen LogP contribution in [-0.4, -0.2) is 18.5 Å². The maximum Gasteiger partial charge on any atom is 0.371 e. The molecule has 0 aliphatic heterocycles. The van der Waals surface area contributed by atoms with Crippen molar-refractivity contribution in [3.63, 3.8) is 0 Å². The zero-order chi connectivity index (χ0) is 8.58. The molecule has 1 unspecified atom stereocenters. The molecule has 9 heteroatoms. The Bertz CT molecular complexity index is 194. The lowest BCUT2D eigenvalue weighted by atomic mass is 11.8. The van der Waals surface area contributed by atoms with Crippen molar-refractivity contribution in [1.29, 1.82) is 0 Å². The Morgan fingerprint density at radius 2 is 1.70 bits per heavy atom. The molecule has 3 N–H and O–H groups in total. The fraction of sp³-hybridized carbons (Fsp3) is 1.00. The maximum absolute atomic E-state index is 10.2. The van der Waals surface area contributed by atoms with Crippen LogP contribution in [0.3, 0.4) is 0 Å². The first-order valence-corrected chi connectivity index (χ1v) is 5.59. The zero-order valence-electron chi connectivity index (χ0n) is 4.36. The Balaban J connectivity index is 4.75. The van der Waals surface area contributed by atoms with Crippen molar-refractivity contribution in [2.24, 2.45) is 0 Å². The molecule has 0 aromatic rings. The molecule has 0 radical (unpaired) electrons. The van der Waals surface area contributed by atoms with Crippen LogP contribution < -0.4 is 0 Å². The van der Waals surface area contributed by atoms with E-state index >= 15 is 0 Å². The first kappa shape index (κ1) is 10.9. The van der Waals surface area contributed by atoms with Gasteiger partial charge in [0.25, 0.3) is 3.82 Å². The van der Waals surface area contributed by atoms with Gasteiger partial charge in [-0.05, 0) is 0 Å². The molecule has 0 aliphatic rings. The molecule has 0 saturated carbocycles. The molecule has 1 atom stereocenters. The SMILES string of the molecule is O=[PH](O)C(Cl)(Cl)P(=O)(O)O. The molecule has 5 nitrogen and oxygen atoms in total. The maximum atomic E-state index is 10.2. The number of rotatable bonds is 2. The summed E-state index contributed by atoms with van der Waals surface area (Å²) < 4.78 is 17.4. The first-order valence-electron chi connectivity index (χ1n) is 1.86. The summed E-state index contributed by atoms with van der Waals surface area (Å²) in [4.78, 5) is 24.7. The summed E-state index contributed by atoms with van der Waals surface area (Å²) >= 11 is 9.66. The van der Waals surface area contributed by atoms with E-state index in [9.17, 15) is 9.13 Å². The van der Waals surface area contributed by atoms with E-state index in [1.807, 2.05) is 0 Å². The Morgan fingerprint density at radius 1 is 1.40 bits per heavy atom. The van der Waals surface area contributed by atoms with E-state index in [1.54, 1.807) is 0 Å². The topological polar surface area (TPSA) is 94.8 Å². The van der Waals surface area contributed by atoms with Crippen molar-refractivity contribution in [2.75, 3.05) is 0 Å². The van der Waals surface area contributed by atoms with E-state index < -0.39 is 19.4 Å². The molecule has 0 bridgehead atoms. The van der Waals surface area contributed by atoms with Gasteiger partial charge in [0.2, 0.25) is 8.03 Å². The Hall–Kier alpha value is 0.920. The smallest absolute Gasteiger partial charge is 0.344 e. The minimum Gasteiger partial charge on any atom is -0.344 e. The Kier molecular flexibility index (Phi) is 3.40. The third kappa shape index (κ3) is 2.21. The molecule has 0 spiro atoms. The highest BCUT2D eigenvalue weighted by molar-refractivity contribution is 7.73. The van der Waals surface area contributed by atoms with Gasteiger partial charge in [0.05, 0.1) is 0 Å². The standard InChI is InChI=1S/CH4Cl2O5P2/c2-1(3,9(4)5)10(6,7)8/h9H,(H,4,5)(H2,6,7,8). The molecular formula is CH4Cl2O5P2. The van der Waals surface area contributed by atoms with Crippen LogP contribution in [-0.2, 0) is 9.13 Å². The normalized spacial score (nSPS) is 16.9. The largest absolute Gasteiger partial charge is 0.371 e. The number of halogens is 2. The minimum absolute atomic E-state index is 2.85. The Morgan fingerprint density at radius 3 is 1.70 bits per heavy atom. The molecule has 0 aromatic carbocycles. The lowest BCUT2D eigenvalue weighted by molar-refractivity contribution is 0.370. The second kappa shape index (κ2) is 3.11. The van der Waals surface area contributed by atoms with Crippen molar-refractivity contribution < 1.29 is 23.8 Å². The highest BCUT2D eigenvalue weighted by Crippen LogP contribution is 2.66. The van der Waals surface area contributed by atoms with Crippen molar-refractivity contribution >= 4 is 38.8 Å². The van der Waals surface area contributed by atoms with Crippen molar-refractivity contribution in [2.45, 2.75) is 3.82 Å². The average molecular weight is 229 g/mol. The molecule has 0 fully saturated rings. The van der Waals surface area contributed by atoms with Crippen LogP contribution in [0.4, 0.5) is 0 Å². The van der Waals surface area contributed by atoms with Gasteiger partial charge >= 0.3 is 7.60 Å². The fourth-order valence-corrected chi connectivity index (χ4v) is 1.12. The van der Waals surface area contributed by atoms with Gasteiger partial charge in [-0.1, -0.05) is 23.2 Å². The van der Waals surface area contributed by atoms with Crippen molar-refractivity contribution in [3.05, 3.63) is 0 Å². The number of hydrogen-bond acceptors (Lipinski definition) is 2. The molecule has 0 saturated heterocycles. The lowest BCUT2D eigenvalue weighted by Crippen LogP contribution is -2.06. The van der Waals surface area contributed by atoms with E-state index in [2.05, 4.69) is 0 Å². The predicted molar refractivity (Wildman–Crippen MR) is 37.7 cm³/mol. The van der Waals surface area contributed by atoms with Gasteiger partial charge in [-0.15, -0.1) is 0 Å². The monoisotopic (exact) mass is 228 g/mol. The highest BCUT2D eigenvalue weighted by Gasteiger charge is 2.48. The number of alkyl halides is 2. The molecule has 0 rings (SSSR count). The lowest BCUT2D eigenvalue weighted by Gasteiger charge is -2.16. The molecule has 0 aromatic heterocycles. The minimum atomic E-state index is -4.91. The van der Waals surface area contributed by atoms with Crippen LogP contribution in [0.5, 0.6) is 0 Å². The Labute approximate surface area is 67.0 Å². The average Bonchev–Trinajstić information content (AvgIpc) is 1.62. The summed E-state index contributed by atoms with van der Waals surface area (Å²) in [7, 11) is -8.56. The zero-order valence-corrected chi connectivity index (χ0v) is 7.77. The van der Waals surface area contributed by atoms with Crippen LogP contribution in [0.15, 0.2) is 0 Å². The van der Waals surface area contributed by atoms with E-state index in [4.69, 9.17) is 37.9 Å². The second-order valence-electron chi connectivity index (χ2n) is 1.39. The van der Waals surface area contributed by atoms with Crippen LogP contribution >= 0.6 is 38.8 Å². The van der Waals surface area contributed by atoms with Gasteiger partial charge in [-0.25, -0.2) is 0 Å². The van der Waals surface area contributed by atoms with Crippen LogP contribution in [0.25, 0.3) is 0 Å². The summed E-state index contributed by atoms with van der Waals surface area (Å²) in [5.74, 6) is 0. The van der Waals surface area contributed by atoms with Gasteiger partial charge < -0.3 is 14.7 Å². The van der Waals surface area contributed by atoms with Crippen molar-refractivity contribution in [3.8, 4) is 0 Å². The molecule has 62 valence electrons. The fourth-order valence-electron chi connectivity index (χ4n) is 0.125. The summed E-state index contributed by atoms with van der Waals surface area (Å²) in [5, 5.41) is 0. The van der Waals surface area contributed by atoms with E-state index in [0.29, 0.717) is 0 Å². The summed E-state index contributed by atoms with van der Waals surface area (Å²) in [6.07, 6.45) is 0.